The molecule has 11 heteroatoms. The first kappa shape index (κ1) is 22.0. The summed E-state index contributed by atoms with van der Waals surface area (Å²) in [6, 6.07) is 7.79. The summed E-state index contributed by atoms with van der Waals surface area (Å²) in [6.45, 7) is 3.83. The van der Waals surface area contributed by atoms with Crippen molar-refractivity contribution >= 4 is 46.6 Å². The Hall–Kier alpha value is -3.18. The molecule has 1 N–H and O–H groups in total. The fraction of sp³-hybridized carbons (Fsp3) is 0.286. The Morgan fingerprint density at radius 1 is 1.28 bits per heavy atom. The third-order valence-electron chi connectivity index (χ3n) is 5.17. The smallest absolute Gasteiger partial charge is 0.333 e. The van der Waals surface area contributed by atoms with Crippen LogP contribution in [-0.4, -0.2) is 50.8 Å². The number of nitro benzene ring substituents is 1. The Morgan fingerprint density at radius 2 is 2.03 bits per heavy atom. The highest BCUT2D eigenvalue weighted by Gasteiger charge is 2.56. The number of carbonyl (C=O) groups is 3. The zero-order chi connectivity index (χ0) is 22.8. The van der Waals surface area contributed by atoms with E-state index in [0.29, 0.717) is 16.9 Å². The van der Waals surface area contributed by atoms with Crippen molar-refractivity contribution in [3.8, 4) is 0 Å². The fourth-order valence-corrected chi connectivity index (χ4v) is 5.57. The molecule has 1 unspecified atom stereocenters. The third kappa shape index (κ3) is 4.39. The molecule has 3 atom stereocenters. The minimum atomic E-state index is -0.919. The van der Waals surface area contributed by atoms with Gasteiger partial charge in [-0.3, -0.25) is 19.7 Å². The van der Waals surface area contributed by atoms with Gasteiger partial charge in [0.15, 0.2) is 6.04 Å². The number of thioether (sulfide) groups is 1. The van der Waals surface area contributed by atoms with E-state index in [1.165, 1.54) is 52.3 Å². The summed E-state index contributed by atoms with van der Waals surface area (Å²) >= 11 is 2.91. The second-order valence-corrected chi connectivity index (χ2v) is 9.48. The lowest BCUT2D eigenvalue weighted by molar-refractivity contribution is -0.384. The van der Waals surface area contributed by atoms with Gasteiger partial charge in [0, 0.05) is 22.8 Å². The maximum atomic E-state index is 12.8. The first-order valence-electron chi connectivity index (χ1n) is 9.68. The van der Waals surface area contributed by atoms with Crippen LogP contribution in [0.5, 0.6) is 0 Å². The van der Waals surface area contributed by atoms with Crippen LogP contribution in [0.15, 0.2) is 53.9 Å². The molecule has 0 bridgehead atoms. The average molecular weight is 474 g/mol. The number of ether oxygens (including phenoxy) is 1. The summed E-state index contributed by atoms with van der Waals surface area (Å²) < 4.78 is 5.37. The van der Waals surface area contributed by atoms with E-state index >= 15 is 0 Å². The van der Waals surface area contributed by atoms with Gasteiger partial charge in [0.25, 0.3) is 5.69 Å². The quantitative estimate of drug-likeness (QED) is 0.215. The maximum Gasteiger partial charge on any atom is 0.333 e. The fourth-order valence-electron chi connectivity index (χ4n) is 3.56. The molecule has 4 rings (SSSR count). The van der Waals surface area contributed by atoms with Gasteiger partial charge in [0.05, 0.1) is 11.3 Å². The van der Waals surface area contributed by atoms with E-state index in [-0.39, 0.29) is 35.9 Å². The Morgan fingerprint density at radius 3 is 2.69 bits per heavy atom. The number of hydrogen-bond donors (Lipinski definition) is 1. The molecule has 32 heavy (non-hydrogen) atoms. The topological polar surface area (TPSA) is 119 Å². The molecule has 2 saturated heterocycles. The van der Waals surface area contributed by atoms with Crippen LogP contribution in [0.3, 0.4) is 0 Å². The molecule has 0 aliphatic carbocycles. The van der Waals surface area contributed by atoms with E-state index in [0.717, 1.165) is 4.88 Å². The largest absolute Gasteiger partial charge is 0.459 e. The number of nitrogens with one attached hydrogen (secondary N) is 1. The van der Waals surface area contributed by atoms with Crippen molar-refractivity contribution in [3.63, 3.8) is 0 Å². The summed E-state index contributed by atoms with van der Waals surface area (Å²) in [7, 11) is 0. The lowest BCUT2D eigenvalue weighted by Crippen LogP contribution is -2.74. The van der Waals surface area contributed by atoms with Crippen LogP contribution in [0, 0.1) is 10.1 Å². The average Bonchev–Trinajstić information content (AvgIpc) is 3.28. The molecule has 2 fully saturated rings. The van der Waals surface area contributed by atoms with Gasteiger partial charge in [-0.1, -0.05) is 12.6 Å². The summed E-state index contributed by atoms with van der Waals surface area (Å²) in [5.41, 5.74) is 1.08. The first-order valence-corrected chi connectivity index (χ1v) is 11.6. The van der Waals surface area contributed by atoms with E-state index < -0.39 is 23.0 Å². The molecule has 166 valence electrons. The van der Waals surface area contributed by atoms with Crippen molar-refractivity contribution < 1.29 is 24.0 Å². The molecule has 1 aromatic heterocycles. The van der Waals surface area contributed by atoms with Crippen LogP contribution in [0.25, 0.3) is 0 Å². The van der Waals surface area contributed by atoms with Crippen LogP contribution >= 0.6 is 23.1 Å². The summed E-state index contributed by atoms with van der Waals surface area (Å²) in [5.74, 6) is -0.744. The number of rotatable bonds is 7. The van der Waals surface area contributed by atoms with Gasteiger partial charge >= 0.3 is 5.97 Å². The Balaban J connectivity index is 1.36. The van der Waals surface area contributed by atoms with Crippen LogP contribution in [-0.2, 0) is 32.1 Å². The molecule has 2 amide bonds. The number of amides is 2. The number of nitrogens with zero attached hydrogens (tertiary/aromatic N) is 2. The molecule has 0 saturated carbocycles. The number of hydrogen-bond acceptors (Lipinski definition) is 8. The van der Waals surface area contributed by atoms with E-state index in [9.17, 15) is 24.5 Å². The van der Waals surface area contributed by atoms with Gasteiger partial charge in [0.2, 0.25) is 11.8 Å². The predicted molar refractivity (Wildman–Crippen MR) is 119 cm³/mol. The van der Waals surface area contributed by atoms with Crippen molar-refractivity contribution in [3.05, 3.63) is 74.5 Å². The third-order valence-corrected chi connectivity index (χ3v) is 7.42. The van der Waals surface area contributed by atoms with E-state index in [2.05, 4.69) is 11.9 Å². The molecular formula is C21H19N3O6S2. The second-order valence-electron chi connectivity index (χ2n) is 7.34. The SMILES string of the molecule is C=C1CS[C@@H]2[C@H](NC(=O)Cc3cccs3)C(=O)N2C1C(=O)OCc1ccc([N+](=O)[O-])cc1. The molecule has 1 aromatic carbocycles. The lowest BCUT2D eigenvalue weighted by atomic mass is 9.98. The number of non-ortho nitro benzene ring substituents is 1. The monoisotopic (exact) mass is 473 g/mol. The molecule has 0 spiro atoms. The lowest BCUT2D eigenvalue weighted by Gasteiger charge is -2.52. The molecule has 2 aromatic rings. The zero-order valence-electron chi connectivity index (χ0n) is 16.8. The minimum absolute atomic E-state index is 0.0565. The Kier molecular flexibility index (Phi) is 6.28. The maximum absolute atomic E-state index is 12.8. The normalized spacial score (nSPS) is 22.0. The highest BCUT2D eigenvalue weighted by Crippen LogP contribution is 2.40. The Bertz CT molecular complexity index is 1070. The van der Waals surface area contributed by atoms with Crippen LogP contribution in [0.1, 0.15) is 10.4 Å². The van der Waals surface area contributed by atoms with Crippen LogP contribution in [0.4, 0.5) is 5.69 Å². The second kappa shape index (κ2) is 9.13. The number of benzene rings is 1. The highest BCUT2D eigenvalue weighted by atomic mass is 32.2. The van der Waals surface area contributed by atoms with Gasteiger partial charge in [-0.05, 0) is 34.7 Å². The highest BCUT2D eigenvalue weighted by molar-refractivity contribution is 8.00. The van der Waals surface area contributed by atoms with E-state index in [1.54, 1.807) is 0 Å². The van der Waals surface area contributed by atoms with Crippen molar-refractivity contribution in [2.24, 2.45) is 0 Å². The summed E-state index contributed by atoms with van der Waals surface area (Å²) in [5, 5.41) is 15.0. The number of carbonyl (C=O) groups excluding carboxylic acids is 3. The minimum Gasteiger partial charge on any atom is -0.459 e. The van der Waals surface area contributed by atoms with Gasteiger partial charge < -0.3 is 15.0 Å². The van der Waals surface area contributed by atoms with Crippen LogP contribution in [0.2, 0.25) is 0 Å². The van der Waals surface area contributed by atoms with Crippen molar-refractivity contribution in [1.29, 1.82) is 0 Å². The predicted octanol–water partition coefficient (Wildman–Crippen LogP) is 2.27. The first-order chi connectivity index (χ1) is 15.3. The Labute approximate surface area is 191 Å². The molecule has 2 aliphatic rings. The van der Waals surface area contributed by atoms with Gasteiger partial charge in [0.1, 0.15) is 18.0 Å². The van der Waals surface area contributed by atoms with E-state index in [4.69, 9.17) is 4.74 Å². The number of fused-ring (bicyclic) bond motifs is 1. The van der Waals surface area contributed by atoms with Gasteiger partial charge in [-0.25, -0.2) is 4.79 Å². The number of thiophene rings is 1. The van der Waals surface area contributed by atoms with E-state index in [1.807, 2.05) is 17.5 Å². The molecule has 2 aliphatic heterocycles. The number of β-lactam (4-membered cyclic amide) rings is 1. The zero-order valence-corrected chi connectivity index (χ0v) is 18.4. The standard InChI is InChI=1S/C21H19N3O6S2/c1-12-11-32-20-17(22-16(25)9-15-3-2-8-31-15)19(26)23(20)18(12)21(27)30-10-13-4-6-14(7-5-13)24(28)29/h2-8,17-18,20H,1,9-11H2,(H,22,25)/t17-,18?,20-/m1/s1. The molecular weight excluding hydrogens is 454 g/mol. The molecule has 9 nitrogen and oxygen atoms in total. The molecule has 0 radical (unpaired) electrons. The van der Waals surface area contributed by atoms with Gasteiger partial charge in [-0.2, -0.15) is 0 Å². The van der Waals surface area contributed by atoms with Crippen LogP contribution < -0.4 is 5.32 Å². The summed E-state index contributed by atoms with van der Waals surface area (Å²) in [4.78, 5) is 50.4. The van der Waals surface area contributed by atoms with Crippen molar-refractivity contribution in [2.75, 3.05) is 5.75 Å². The summed E-state index contributed by atoms with van der Waals surface area (Å²) in [6.07, 6.45) is 0.201. The number of esters is 1. The van der Waals surface area contributed by atoms with Crippen molar-refractivity contribution in [2.45, 2.75) is 30.5 Å². The van der Waals surface area contributed by atoms with Gasteiger partial charge in [-0.15, -0.1) is 23.1 Å². The number of nitro groups is 1. The van der Waals surface area contributed by atoms with Crippen molar-refractivity contribution in [1.82, 2.24) is 10.2 Å². The molecule has 3 heterocycles.